The molecule has 0 aliphatic heterocycles. The van der Waals surface area contributed by atoms with Gasteiger partial charge in [-0.3, -0.25) is 0 Å². The number of nitrogens with zero attached hydrogens (tertiary/aromatic N) is 2. The monoisotopic (exact) mass is 354 g/mol. The van der Waals surface area contributed by atoms with Crippen LogP contribution >= 0.6 is 0 Å². The lowest BCUT2D eigenvalue weighted by atomic mass is 10.1. The lowest BCUT2D eigenvalue weighted by molar-refractivity contribution is 0.252. The van der Waals surface area contributed by atoms with Crippen molar-refractivity contribution in [3.8, 4) is 0 Å². The van der Waals surface area contributed by atoms with Gasteiger partial charge in [-0.15, -0.1) is 0 Å². The van der Waals surface area contributed by atoms with Crippen LogP contribution in [0.4, 0.5) is 0 Å². The van der Waals surface area contributed by atoms with Gasteiger partial charge in [0, 0.05) is 0 Å². The van der Waals surface area contributed by atoms with Gasteiger partial charge in [-0.1, -0.05) is 72.6 Å². The van der Waals surface area contributed by atoms with Gasteiger partial charge in [0.25, 0.3) is 0 Å². The lowest BCUT2D eigenvalue weighted by Crippen LogP contribution is -2.27. The van der Waals surface area contributed by atoms with Crippen LogP contribution in [0.3, 0.4) is 0 Å². The molecule has 0 fully saturated rings. The van der Waals surface area contributed by atoms with Gasteiger partial charge in [-0.05, 0) is 77.8 Å². The van der Waals surface area contributed by atoms with E-state index < -0.39 is 0 Å². The van der Waals surface area contributed by atoms with Gasteiger partial charge in [-0.2, -0.15) is 0 Å². The SMILES string of the molecule is CCCCN(CCCC)CCCCCCCN(CCCC)CCCC. The van der Waals surface area contributed by atoms with Crippen molar-refractivity contribution >= 4 is 0 Å². The largest absolute Gasteiger partial charge is 0.303 e. The molecule has 0 aliphatic rings. The maximum atomic E-state index is 2.71. The molecule has 0 atom stereocenters. The predicted molar refractivity (Wildman–Crippen MR) is 116 cm³/mol. The van der Waals surface area contributed by atoms with Crippen molar-refractivity contribution in [1.29, 1.82) is 0 Å². The first-order valence-corrected chi connectivity index (χ1v) is 11.7. The Morgan fingerprint density at radius 1 is 0.320 bits per heavy atom. The number of hydrogen-bond donors (Lipinski definition) is 0. The quantitative estimate of drug-likeness (QED) is 0.223. The molecule has 2 heteroatoms. The van der Waals surface area contributed by atoms with Gasteiger partial charge in [0.1, 0.15) is 0 Å². The molecule has 0 unspecified atom stereocenters. The second-order valence-electron chi connectivity index (χ2n) is 7.87. The molecular weight excluding hydrogens is 304 g/mol. The summed E-state index contributed by atoms with van der Waals surface area (Å²) < 4.78 is 0. The molecule has 0 N–H and O–H groups in total. The summed E-state index contributed by atoms with van der Waals surface area (Å²) in [5, 5.41) is 0. The van der Waals surface area contributed by atoms with E-state index in [9.17, 15) is 0 Å². The average Bonchev–Trinajstić information content (AvgIpc) is 2.63. The fraction of sp³-hybridized carbons (Fsp3) is 1.00. The van der Waals surface area contributed by atoms with Crippen LogP contribution in [0.1, 0.15) is 111 Å². The lowest BCUT2D eigenvalue weighted by Gasteiger charge is -2.22. The zero-order valence-corrected chi connectivity index (χ0v) is 18.3. The maximum absolute atomic E-state index is 2.71. The summed E-state index contributed by atoms with van der Waals surface area (Å²) in [5.74, 6) is 0. The van der Waals surface area contributed by atoms with Gasteiger partial charge < -0.3 is 9.80 Å². The van der Waals surface area contributed by atoms with Gasteiger partial charge in [0.2, 0.25) is 0 Å². The molecule has 2 nitrogen and oxygen atoms in total. The second-order valence-corrected chi connectivity index (χ2v) is 7.87. The molecule has 0 saturated heterocycles. The molecule has 0 aromatic heterocycles. The normalized spacial score (nSPS) is 11.8. The Morgan fingerprint density at radius 3 is 0.840 bits per heavy atom. The Bertz CT molecular complexity index is 202. The molecule has 0 bridgehead atoms. The first-order valence-electron chi connectivity index (χ1n) is 11.7. The van der Waals surface area contributed by atoms with E-state index in [4.69, 9.17) is 0 Å². The van der Waals surface area contributed by atoms with Crippen LogP contribution in [0.25, 0.3) is 0 Å². The Hall–Kier alpha value is -0.0800. The molecular formula is C23H50N2. The summed E-state index contributed by atoms with van der Waals surface area (Å²) in [6.45, 7) is 17.2. The topological polar surface area (TPSA) is 6.48 Å². The van der Waals surface area contributed by atoms with Crippen LogP contribution in [-0.2, 0) is 0 Å². The predicted octanol–water partition coefficient (Wildman–Crippen LogP) is 6.74. The highest BCUT2D eigenvalue weighted by atomic mass is 15.1. The fourth-order valence-electron chi connectivity index (χ4n) is 3.40. The molecule has 0 rings (SSSR count). The van der Waals surface area contributed by atoms with Crippen LogP contribution in [0.2, 0.25) is 0 Å². The zero-order chi connectivity index (χ0) is 18.6. The van der Waals surface area contributed by atoms with Crippen LogP contribution in [0, 0.1) is 0 Å². The molecule has 0 amide bonds. The maximum Gasteiger partial charge on any atom is -0.00187 e. The molecule has 0 aromatic carbocycles. The zero-order valence-electron chi connectivity index (χ0n) is 18.3. The van der Waals surface area contributed by atoms with Gasteiger partial charge >= 0.3 is 0 Å². The summed E-state index contributed by atoms with van der Waals surface area (Å²) in [7, 11) is 0. The first kappa shape index (κ1) is 24.9. The van der Waals surface area contributed by atoms with Gasteiger partial charge in [0.15, 0.2) is 0 Å². The van der Waals surface area contributed by atoms with Crippen molar-refractivity contribution in [1.82, 2.24) is 9.80 Å². The molecule has 0 heterocycles. The van der Waals surface area contributed by atoms with E-state index in [1.807, 2.05) is 0 Å². The average molecular weight is 355 g/mol. The van der Waals surface area contributed by atoms with Crippen molar-refractivity contribution in [3.63, 3.8) is 0 Å². The number of unbranched alkanes of at least 4 members (excludes halogenated alkanes) is 8. The second kappa shape index (κ2) is 20.2. The summed E-state index contributed by atoms with van der Waals surface area (Å²) in [5.41, 5.74) is 0. The summed E-state index contributed by atoms with van der Waals surface area (Å²) in [6, 6.07) is 0. The summed E-state index contributed by atoms with van der Waals surface area (Å²) in [4.78, 5) is 5.43. The first-order chi connectivity index (χ1) is 12.3. The minimum atomic E-state index is 1.32. The number of hydrogen-bond acceptors (Lipinski definition) is 2. The highest BCUT2D eigenvalue weighted by Gasteiger charge is 2.05. The van der Waals surface area contributed by atoms with E-state index in [0.717, 1.165) is 0 Å². The van der Waals surface area contributed by atoms with Crippen molar-refractivity contribution in [2.75, 3.05) is 39.3 Å². The van der Waals surface area contributed by atoms with E-state index >= 15 is 0 Å². The molecule has 152 valence electrons. The van der Waals surface area contributed by atoms with E-state index in [0.29, 0.717) is 0 Å². The van der Waals surface area contributed by atoms with E-state index in [1.165, 1.54) is 123 Å². The van der Waals surface area contributed by atoms with Crippen molar-refractivity contribution in [2.24, 2.45) is 0 Å². The number of rotatable bonds is 20. The van der Waals surface area contributed by atoms with Gasteiger partial charge in [-0.25, -0.2) is 0 Å². The Kier molecular flexibility index (Phi) is 20.2. The minimum Gasteiger partial charge on any atom is -0.303 e. The minimum absolute atomic E-state index is 1.32. The van der Waals surface area contributed by atoms with Crippen molar-refractivity contribution in [2.45, 2.75) is 111 Å². The van der Waals surface area contributed by atoms with Gasteiger partial charge in [0.05, 0.1) is 0 Å². The van der Waals surface area contributed by atoms with Crippen LogP contribution in [-0.4, -0.2) is 49.1 Å². The summed E-state index contributed by atoms with van der Waals surface area (Å²) in [6.07, 6.45) is 17.9. The molecule has 0 spiro atoms. The molecule has 0 aromatic rings. The molecule has 0 aliphatic carbocycles. The smallest absolute Gasteiger partial charge is 0.00187 e. The molecule has 25 heavy (non-hydrogen) atoms. The third kappa shape index (κ3) is 17.1. The van der Waals surface area contributed by atoms with E-state index in [-0.39, 0.29) is 0 Å². The van der Waals surface area contributed by atoms with Crippen molar-refractivity contribution in [3.05, 3.63) is 0 Å². The van der Waals surface area contributed by atoms with Crippen LogP contribution < -0.4 is 0 Å². The van der Waals surface area contributed by atoms with Crippen LogP contribution in [0.15, 0.2) is 0 Å². The Balaban J connectivity index is 3.69. The molecule has 0 saturated carbocycles. The van der Waals surface area contributed by atoms with E-state index in [1.54, 1.807) is 0 Å². The van der Waals surface area contributed by atoms with Crippen molar-refractivity contribution < 1.29 is 0 Å². The standard InChI is InChI=1S/C23H50N2/c1-5-9-18-24(19-10-6-2)22-16-14-13-15-17-23-25(20-11-7-3)21-12-8-4/h5-23H2,1-4H3. The Morgan fingerprint density at radius 2 is 0.560 bits per heavy atom. The Labute approximate surface area is 160 Å². The van der Waals surface area contributed by atoms with E-state index in [2.05, 4.69) is 37.5 Å². The highest BCUT2D eigenvalue weighted by Crippen LogP contribution is 2.08. The third-order valence-electron chi connectivity index (χ3n) is 5.26. The molecule has 0 radical (unpaired) electrons. The fourth-order valence-corrected chi connectivity index (χ4v) is 3.40. The third-order valence-corrected chi connectivity index (χ3v) is 5.26. The highest BCUT2D eigenvalue weighted by molar-refractivity contribution is 4.60. The van der Waals surface area contributed by atoms with Crippen LogP contribution in [0.5, 0.6) is 0 Å². The summed E-state index contributed by atoms with van der Waals surface area (Å²) >= 11 is 0.